The van der Waals surface area contributed by atoms with Gasteiger partial charge < -0.3 is 14.9 Å². The maximum Gasteiger partial charge on any atom is 0.123 e. The number of ether oxygens (including phenoxy) is 1. The van der Waals surface area contributed by atoms with Crippen molar-refractivity contribution in [3.8, 4) is 17.2 Å². The van der Waals surface area contributed by atoms with Crippen molar-refractivity contribution in [2.24, 2.45) is 0 Å². The maximum absolute atomic E-state index is 10.2. The van der Waals surface area contributed by atoms with E-state index in [9.17, 15) is 10.2 Å². The highest BCUT2D eigenvalue weighted by Gasteiger charge is 2.17. The number of phenols is 2. The van der Waals surface area contributed by atoms with Gasteiger partial charge in [-0.3, -0.25) is 0 Å². The first-order valence-electron chi connectivity index (χ1n) is 7.10. The van der Waals surface area contributed by atoms with E-state index in [-0.39, 0.29) is 11.7 Å². The minimum Gasteiger partial charge on any atom is -0.508 e. The Labute approximate surface area is 124 Å². The van der Waals surface area contributed by atoms with E-state index >= 15 is 0 Å². The number of rotatable bonds is 3. The fourth-order valence-corrected chi connectivity index (χ4v) is 2.57. The topological polar surface area (TPSA) is 49.7 Å². The number of benzene rings is 2. The molecule has 1 aliphatic rings. The van der Waals surface area contributed by atoms with E-state index in [0.29, 0.717) is 12.4 Å². The van der Waals surface area contributed by atoms with Gasteiger partial charge in [-0.25, -0.2) is 0 Å². The van der Waals surface area contributed by atoms with E-state index < -0.39 is 0 Å². The molecule has 21 heavy (non-hydrogen) atoms. The normalized spacial score (nSPS) is 14.9. The zero-order chi connectivity index (χ0) is 14.8. The van der Waals surface area contributed by atoms with Gasteiger partial charge in [0.15, 0.2) is 0 Å². The molecule has 0 amide bonds. The first-order chi connectivity index (χ1) is 10.1. The number of hydrogen-bond acceptors (Lipinski definition) is 3. The Morgan fingerprint density at radius 3 is 2.76 bits per heavy atom. The predicted molar refractivity (Wildman–Crippen MR) is 82.9 cm³/mol. The Morgan fingerprint density at radius 2 is 1.95 bits per heavy atom. The summed E-state index contributed by atoms with van der Waals surface area (Å²) in [5.41, 5.74) is 2.66. The van der Waals surface area contributed by atoms with Gasteiger partial charge in [0.1, 0.15) is 17.2 Å². The van der Waals surface area contributed by atoms with Gasteiger partial charge in [-0.2, -0.15) is 0 Å². The highest BCUT2D eigenvalue weighted by Crippen LogP contribution is 2.36. The van der Waals surface area contributed by atoms with Crippen molar-refractivity contribution in [3.05, 3.63) is 59.2 Å². The number of fused-ring (bicyclic) bond motifs is 1. The third-order valence-electron chi connectivity index (χ3n) is 3.83. The Morgan fingerprint density at radius 1 is 1.14 bits per heavy atom. The van der Waals surface area contributed by atoms with Gasteiger partial charge in [-0.15, -0.1) is 0 Å². The van der Waals surface area contributed by atoms with Gasteiger partial charge in [0, 0.05) is 29.0 Å². The minimum absolute atomic E-state index is 0.0270. The van der Waals surface area contributed by atoms with Crippen LogP contribution in [0.1, 0.15) is 29.5 Å². The Bertz CT molecular complexity index is 689. The maximum atomic E-state index is 10.2. The van der Waals surface area contributed by atoms with Crippen LogP contribution in [-0.2, 0) is 6.42 Å². The van der Waals surface area contributed by atoms with Gasteiger partial charge in [0.25, 0.3) is 0 Å². The molecule has 0 fully saturated rings. The van der Waals surface area contributed by atoms with Crippen LogP contribution in [0.5, 0.6) is 17.2 Å². The van der Waals surface area contributed by atoms with Crippen molar-refractivity contribution < 1.29 is 14.9 Å². The fourth-order valence-electron chi connectivity index (χ4n) is 2.57. The molecular formula is C18H18O3. The molecular weight excluding hydrogens is 264 g/mol. The third kappa shape index (κ3) is 2.72. The molecule has 0 saturated carbocycles. The lowest BCUT2D eigenvalue weighted by molar-refractivity contribution is 0.356. The number of hydrogen-bond donors (Lipinski definition) is 2. The number of para-hydroxylation sites is 1. The Hall–Kier alpha value is -2.42. The number of aromatic hydroxyl groups is 2. The zero-order valence-electron chi connectivity index (χ0n) is 11.9. The molecule has 1 atom stereocenters. The zero-order valence-corrected chi connectivity index (χ0v) is 11.9. The molecule has 1 heterocycles. The predicted octanol–water partition coefficient (Wildman–Crippen LogP) is 3.85. The summed E-state index contributed by atoms with van der Waals surface area (Å²) in [6, 6.07) is 10.9. The molecule has 2 aromatic rings. The molecule has 0 aromatic heterocycles. The van der Waals surface area contributed by atoms with Gasteiger partial charge in [-0.1, -0.05) is 37.3 Å². The number of allylic oxidation sites excluding steroid dienone is 1. The van der Waals surface area contributed by atoms with Gasteiger partial charge in [-0.05, 0) is 18.2 Å². The summed E-state index contributed by atoms with van der Waals surface area (Å²) in [6.07, 6.45) is 4.68. The van der Waals surface area contributed by atoms with Crippen LogP contribution in [0.15, 0.2) is 42.5 Å². The second kappa shape index (κ2) is 5.52. The lowest BCUT2D eigenvalue weighted by atomic mass is 9.96. The average Bonchev–Trinajstić information content (AvgIpc) is 2.92. The molecule has 3 heteroatoms. The molecule has 0 radical (unpaired) electrons. The summed E-state index contributed by atoms with van der Waals surface area (Å²) in [5, 5.41) is 19.9. The highest BCUT2D eigenvalue weighted by atomic mass is 16.5. The van der Waals surface area contributed by atoms with Crippen LogP contribution in [0.2, 0.25) is 0 Å². The monoisotopic (exact) mass is 282 g/mol. The lowest BCUT2D eigenvalue weighted by Gasteiger charge is -2.11. The van der Waals surface area contributed by atoms with Crippen molar-refractivity contribution >= 4 is 6.08 Å². The second-order valence-corrected chi connectivity index (χ2v) is 5.32. The largest absolute Gasteiger partial charge is 0.508 e. The van der Waals surface area contributed by atoms with Crippen LogP contribution in [-0.4, -0.2) is 16.8 Å². The van der Waals surface area contributed by atoms with Gasteiger partial charge in [0.05, 0.1) is 6.61 Å². The molecule has 2 N–H and O–H groups in total. The summed E-state index contributed by atoms with van der Waals surface area (Å²) in [7, 11) is 0. The van der Waals surface area contributed by atoms with E-state index in [4.69, 9.17) is 4.74 Å². The van der Waals surface area contributed by atoms with Crippen LogP contribution in [0.4, 0.5) is 0 Å². The summed E-state index contributed by atoms with van der Waals surface area (Å²) in [6.45, 7) is 2.69. The smallest absolute Gasteiger partial charge is 0.123 e. The van der Waals surface area contributed by atoms with Crippen LogP contribution in [0.25, 0.3) is 6.08 Å². The molecule has 0 bridgehead atoms. The fraction of sp³-hybridized carbons (Fsp3) is 0.222. The molecule has 0 aliphatic carbocycles. The van der Waals surface area contributed by atoms with E-state index in [1.807, 2.05) is 37.3 Å². The highest BCUT2D eigenvalue weighted by molar-refractivity contribution is 5.58. The molecule has 3 rings (SSSR count). The van der Waals surface area contributed by atoms with Crippen molar-refractivity contribution in [2.75, 3.05) is 6.61 Å². The van der Waals surface area contributed by atoms with Crippen LogP contribution in [0, 0.1) is 0 Å². The quantitative estimate of drug-likeness (QED) is 0.899. The van der Waals surface area contributed by atoms with Gasteiger partial charge in [0.2, 0.25) is 0 Å². The SMILES string of the molecule is CC(C=Cc1ccccc1O)c1cc2c(cc1O)CCO2. The average molecular weight is 282 g/mol. The molecule has 1 unspecified atom stereocenters. The first-order valence-corrected chi connectivity index (χ1v) is 7.10. The molecule has 108 valence electrons. The van der Waals surface area contributed by atoms with Crippen LogP contribution >= 0.6 is 0 Å². The Balaban J connectivity index is 1.86. The minimum atomic E-state index is 0.0270. The molecule has 0 saturated heterocycles. The van der Waals surface area contributed by atoms with Crippen molar-refractivity contribution in [1.29, 1.82) is 0 Å². The number of phenolic OH excluding ortho intramolecular Hbond substituents is 2. The van der Waals surface area contributed by atoms with E-state index in [1.165, 1.54) is 0 Å². The Kier molecular flexibility index (Phi) is 3.57. The summed E-state index contributed by atoms with van der Waals surface area (Å²) < 4.78 is 5.55. The van der Waals surface area contributed by atoms with Crippen molar-refractivity contribution in [2.45, 2.75) is 19.3 Å². The molecule has 1 aliphatic heterocycles. The summed E-state index contributed by atoms with van der Waals surface area (Å²) >= 11 is 0. The standard InChI is InChI=1S/C18H18O3/c1-12(6-7-13-4-2-3-5-16(13)19)15-11-18-14(8-9-21-18)10-17(15)20/h2-7,10-12,19-20H,8-9H2,1H3. The first kappa shape index (κ1) is 13.6. The van der Waals surface area contributed by atoms with Crippen LogP contribution < -0.4 is 4.74 Å². The third-order valence-corrected chi connectivity index (χ3v) is 3.83. The van der Waals surface area contributed by atoms with Crippen molar-refractivity contribution in [3.63, 3.8) is 0 Å². The molecule has 3 nitrogen and oxygen atoms in total. The van der Waals surface area contributed by atoms with Crippen LogP contribution in [0.3, 0.4) is 0 Å². The van der Waals surface area contributed by atoms with E-state index in [1.54, 1.807) is 18.2 Å². The molecule has 2 aromatic carbocycles. The summed E-state index contributed by atoms with van der Waals surface area (Å²) in [4.78, 5) is 0. The summed E-state index contributed by atoms with van der Waals surface area (Å²) in [5.74, 6) is 1.45. The van der Waals surface area contributed by atoms with Gasteiger partial charge >= 0.3 is 0 Å². The lowest BCUT2D eigenvalue weighted by Crippen LogP contribution is -1.92. The second-order valence-electron chi connectivity index (χ2n) is 5.32. The molecule has 0 spiro atoms. The van der Waals surface area contributed by atoms with E-state index in [0.717, 1.165) is 28.9 Å². The van der Waals surface area contributed by atoms with Crippen molar-refractivity contribution in [1.82, 2.24) is 0 Å². The van der Waals surface area contributed by atoms with E-state index in [2.05, 4.69) is 0 Å².